The van der Waals surface area contributed by atoms with Crippen LogP contribution in [0.4, 0.5) is 0 Å². The van der Waals surface area contributed by atoms with Crippen molar-refractivity contribution < 1.29 is 9.53 Å². The first-order valence-electron chi connectivity index (χ1n) is 7.05. The molecule has 0 unspecified atom stereocenters. The third kappa shape index (κ3) is 3.35. The summed E-state index contributed by atoms with van der Waals surface area (Å²) in [4.78, 5) is 16.6. The normalized spacial score (nSPS) is 17.7. The van der Waals surface area contributed by atoms with Gasteiger partial charge in [-0.05, 0) is 50.0 Å². The quantitative estimate of drug-likeness (QED) is 0.843. The number of methoxy groups -OCH3 is 1. The number of pyridine rings is 1. The highest BCUT2D eigenvalue weighted by atomic mass is 16.5. The molecule has 1 aliphatic heterocycles. The van der Waals surface area contributed by atoms with Gasteiger partial charge in [0.2, 0.25) is 5.91 Å². The Bertz CT molecular complexity index is 451. The van der Waals surface area contributed by atoms with E-state index < -0.39 is 0 Å². The summed E-state index contributed by atoms with van der Waals surface area (Å²) in [5.41, 5.74) is 1.81. The molecule has 5 nitrogen and oxygen atoms in total. The number of piperidine rings is 1. The minimum atomic E-state index is -0.388. The minimum Gasteiger partial charge on any atom is -0.384 e. The van der Waals surface area contributed by atoms with Crippen molar-refractivity contribution in [2.75, 3.05) is 26.8 Å². The fourth-order valence-corrected chi connectivity index (χ4v) is 2.68. The van der Waals surface area contributed by atoms with Crippen molar-refractivity contribution in [3.05, 3.63) is 29.6 Å². The number of rotatable bonds is 5. The number of carbonyl (C=O) groups excluding carboxylic acids is 1. The van der Waals surface area contributed by atoms with Gasteiger partial charge in [-0.2, -0.15) is 0 Å². The van der Waals surface area contributed by atoms with E-state index >= 15 is 0 Å². The number of aromatic nitrogens is 1. The van der Waals surface area contributed by atoms with Gasteiger partial charge in [0.25, 0.3) is 0 Å². The molecule has 1 aromatic heterocycles. The number of carbonyl (C=O) groups is 1. The lowest BCUT2D eigenvalue weighted by atomic mass is 9.78. The van der Waals surface area contributed by atoms with Crippen LogP contribution in [0.1, 0.15) is 24.0 Å². The van der Waals surface area contributed by atoms with E-state index in [9.17, 15) is 4.79 Å². The van der Waals surface area contributed by atoms with Crippen LogP contribution in [0.5, 0.6) is 0 Å². The van der Waals surface area contributed by atoms with E-state index in [-0.39, 0.29) is 11.3 Å². The molecule has 110 valence electrons. The van der Waals surface area contributed by atoms with Crippen molar-refractivity contribution in [1.82, 2.24) is 15.6 Å². The van der Waals surface area contributed by atoms with E-state index in [1.165, 1.54) is 0 Å². The second kappa shape index (κ2) is 6.81. The first-order valence-corrected chi connectivity index (χ1v) is 7.05. The van der Waals surface area contributed by atoms with E-state index in [0.29, 0.717) is 13.2 Å². The Morgan fingerprint density at radius 2 is 2.25 bits per heavy atom. The third-order valence-electron chi connectivity index (χ3n) is 4.04. The Morgan fingerprint density at radius 3 is 2.90 bits per heavy atom. The molecule has 0 spiro atoms. The van der Waals surface area contributed by atoms with Crippen molar-refractivity contribution >= 4 is 5.91 Å². The van der Waals surface area contributed by atoms with Crippen LogP contribution in [-0.4, -0.2) is 37.7 Å². The highest BCUT2D eigenvalue weighted by Gasteiger charge is 2.39. The number of ether oxygens (including phenoxy) is 1. The lowest BCUT2D eigenvalue weighted by Crippen LogP contribution is -2.50. The number of amides is 1. The molecule has 2 heterocycles. The molecule has 5 heteroatoms. The molecule has 1 saturated heterocycles. The van der Waals surface area contributed by atoms with E-state index in [1.807, 2.05) is 19.2 Å². The lowest BCUT2D eigenvalue weighted by molar-refractivity contribution is -0.136. The average Bonchev–Trinajstić information content (AvgIpc) is 2.47. The van der Waals surface area contributed by atoms with Crippen molar-refractivity contribution in [2.45, 2.75) is 26.3 Å². The number of nitrogens with zero attached hydrogens (tertiary/aromatic N) is 1. The Labute approximate surface area is 120 Å². The lowest BCUT2D eigenvalue weighted by Gasteiger charge is -2.35. The van der Waals surface area contributed by atoms with E-state index in [1.54, 1.807) is 13.3 Å². The molecule has 20 heavy (non-hydrogen) atoms. The summed E-state index contributed by atoms with van der Waals surface area (Å²) in [6, 6.07) is 1.95. The van der Waals surface area contributed by atoms with Gasteiger partial charge in [0, 0.05) is 26.0 Å². The van der Waals surface area contributed by atoms with Crippen molar-refractivity contribution in [3.63, 3.8) is 0 Å². The third-order valence-corrected chi connectivity index (χ3v) is 4.04. The Kier molecular flexibility index (Phi) is 5.09. The highest BCUT2D eigenvalue weighted by Crippen LogP contribution is 2.29. The van der Waals surface area contributed by atoms with Crippen LogP contribution in [0, 0.1) is 12.3 Å². The molecular weight excluding hydrogens is 254 g/mol. The molecule has 0 aromatic carbocycles. The summed E-state index contributed by atoms with van der Waals surface area (Å²) < 4.78 is 5.28. The van der Waals surface area contributed by atoms with Crippen LogP contribution < -0.4 is 10.6 Å². The van der Waals surface area contributed by atoms with E-state index in [2.05, 4.69) is 15.6 Å². The molecule has 0 aliphatic carbocycles. The number of hydrogen-bond donors (Lipinski definition) is 2. The Balaban J connectivity index is 2.00. The summed E-state index contributed by atoms with van der Waals surface area (Å²) in [6.07, 6.45) is 5.21. The van der Waals surface area contributed by atoms with Gasteiger partial charge in [-0.1, -0.05) is 0 Å². The van der Waals surface area contributed by atoms with Crippen LogP contribution in [0.15, 0.2) is 18.5 Å². The van der Waals surface area contributed by atoms with Gasteiger partial charge < -0.3 is 15.4 Å². The van der Waals surface area contributed by atoms with Gasteiger partial charge in [0.1, 0.15) is 0 Å². The molecule has 1 fully saturated rings. The van der Waals surface area contributed by atoms with Gasteiger partial charge in [-0.3, -0.25) is 9.78 Å². The second-order valence-electron chi connectivity index (χ2n) is 5.45. The molecule has 1 aliphatic rings. The molecule has 0 atom stereocenters. The average molecular weight is 277 g/mol. The van der Waals surface area contributed by atoms with E-state index in [0.717, 1.165) is 37.1 Å². The molecule has 2 rings (SSSR count). The maximum absolute atomic E-state index is 12.6. The zero-order chi connectivity index (χ0) is 14.4. The number of nitrogens with one attached hydrogen (secondary N) is 2. The topological polar surface area (TPSA) is 63.2 Å². The highest BCUT2D eigenvalue weighted by molar-refractivity contribution is 5.83. The van der Waals surface area contributed by atoms with Crippen molar-refractivity contribution in [1.29, 1.82) is 0 Å². The first-order chi connectivity index (χ1) is 9.68. The molecule has 0 saturated carbocycles. The summed E-state index contributed by atoms with van der Waals surface area (Å²) in [6.45, 7) is 4.77. The van der Waals surface area contributed by atoms with Gasteiger partial charge in [-0.15, -0.1) is 0 Å². The number of hydrogen-bond acceptors (Lipinski definition) is 4. The standard InChI is InChI=1S/C15H23N3O2/c1-12-9-17-6-3-13(12)10-18-14(19)15(11-20-2)4-7-16-8-5-15/h3,6,9,16H,4-5,7-8,10-11H2,1-2H3,(H,18,19). The monoisotopic (exact) mass is 277 g/mol. The maximum atomic E-state index is 12.6. The molecule has 0 radical (unpaired) electrons. The SMILES string of the molecule is COCC1(C(=O)NCc2ccncc2C)CCNCC1. The molecular formula is C15H23N3O2. The smallest absolute Gasteiger partial charge is 0.228 e. The van der Waals surface area contributed by atoms with Gasteiger partial charge in [0.15, 0.2) is 0 Å². The van der Waals surface area contributed by atoms with Gasteiger partial charge >= 0.3 is 0 Å². The maximum Gasteiger partial charge on any atom is 0.228 e. The zero-order valence-electron chi connectivity index (χ0n) is 12.2. The second-order valence-corrected chi connectivity index (χ2v) is 5.45. The predicted molar refractivity (Wildman–Crippen MR) is 77.2 cm³/mol. The first kappa shape index (κ1) is 14.9. The molecule has 1 amide bonds. The fraction of sp³-hybridized carbons (Fsp3) is 0.600. The van der Waals surface area contributed by atoms with Crippen LogP contribution in [0.2, 0.25) is 0 Å². The van der Waals surface area contributed by atoms with Crippen LogP contribution in [0.3, 0.4) is 0 Å². The number of aryl methyl sites for hydroxylation is 1. The van der Waals surface area contributed by atoms with Crippen LogP contribution >= 0.6 is 0 Å². The van der Waals surface area contributed by atoms with Gasteiger partial charge in [-0.25, -0.2) is 0 Å². The van der Waals surface area contributed by atoms with Crippen LogP contribution in [-0.2, 0) is 16.1 Å². The van der Waals surface area contributed by atoms with Crippen molar-refractivity contribution in [2.24, 2.45) is 5.41 Å². The van der Waals surface area contributed by atoms with Crippen LogP contribution in [0.25, 0.3) is 0 Å². The predicted octanol–water partition coefficient (Wildman–Crippen LogP) is 1.02. The minimum absolute atomic E-state index is 0.0945. The summed E-state index contributed by atoms with van der Waals surface area (Å²) in [7, 11) is 1.66. The summed E-state index contributed by atoms with van der Waals surface area (Å²) >= 11 is 0. The molecule has 0 bridgehead atoms. The Hall–Kier alpha value is -1.46. The zero-order valence-corrected chi connectivity index (χ0v) is 12.2. The van der Waals surface area contributed by atoms with Gasteiger partial charge in [0.05, 0.1) is 12.0 Å². The van der Waals surface area contributed by atoms with Crippen molar-refractivity contribution in [3.8, 4) is 0 Å². The largest absolute Gasteiger partial charge is 0.384 e. The summed E-state index contributed by atoms with van der Waals surface area (Å²) in [5.74, 6) is 0.0945. The summed E-state index contributed by atoms with van der Waals surface area (Å²) in [5, 5.41) is 6.35. The van der Waals surface area contributed by atoms with E-state index in [4.69, 9.17) is 4.74 Å². The Morgan fingerprint density at radius 1 is 1.50 bits per heavy atom. The molecule has 1 aromatic rings. The fourth-order valence-electron chi connectivity index (χ4n) is 2.68. The molecule has 2 N–H and O–H groups in total.